The lowest BCUT2D eigenvalue weighted by Crippen LogP contribution is -2.45. The number of nitrogens with one attached hydrogen (secondary N) is 1. The normalized spacial score (nSPS) is 17.9. The largest absolute Gasteiger partial charge is 0.492 e. The fourth-order valence-corrected chi connectivity index (χ4v) is 4.70. The van der Waals surface area contributed by atoms with Crippen molar-refractivity contribution in [1.82, 2.24) is 25.2 Å². The minimum Gasteiger partial charge on any atom is -0.492 e. The van der Waals surface area contributed by atoms with E-state index < -0.39 is 0 Å². The molecule has 2 aromatic rings. The van der Waals surface area contributed by atoms with Crippen molar-refractivity contribution in [3.63, 3.8) is 0 Å². The number of ether oxygens (including phenoxy) is 2. The molecule has 0 radical (unpaired) electrons. The molecule has 0 spiro atoms. The predicted molar refractivity (Wildman–Crippen MR) is 136 cm³/mol. The molecular formula is C26H38N6O3. The molecule has 4 rings (SSSR count). The van der Waals surface area contributed by atoms with E-state index in [1.807, 2.05) is 44.9 Å². The van der Waals surface area contributed by atoms with Crippen LogP contribution in [0.4, 0.5) is 5.82 Å². The van der Waals surface area contributed by atoms with Gasteiger partial charge in [0.1, 0.15) is 23.9 Å². The third-order valence-electron chi connectivity index (χ3n) is 6.37. The highest BCUT2D eigenvalue weighted by Crippen LogP contribution is 2.31. The van der Waals surface area contributed by atoms with Crippen molar-refractivity contribution >= 4 is 11.7 Å². The summed E-state index contributed by atoms with van der Waals surface area (Å²) in [4.78, 5) is 31.0. The van der Waals surface area contributed by atoms with Crippen molar-refractivity contribution in [2.24, 2.45) is 0 Å². The van der Waals surface area contributed by atoms with Gasteiger partial charge in [-0.15, -0.1) is 0 Å². The van der Waals surface area contributed by atoms with Crippen molar-refractivity contribution in [2.75, 3.05) is 51.8 Å². The van der Waals surface area contributed by atoms with Crippen LogP contribution < -0.4 is 15.0 Å². The second-order valence-electron chi connectivity index (χ2n) is 10.5. The lowest BCUT2D eigenvalue weighted by molar-refractivity contribution is -0.121. The molecule has 0 unspecified atom stereocenters. The molecule has 3 heterocycles. The Bertz CT molecular complexity index is 1040. The molecule has 0 saturated carbocycles. The van der Waals surface area contributed by atoms with E-state index in [1.54, 1.807) is 13.3 Å². The van der Waals surface area contributed by atoms with Gasteiger partial charge in [-0.2, -0.15) is 0 Å². The van der Waals surface area contributed by atoms with Gasteiger partial charge in [0.15, 0.2) is 5.82 Å². The first-order valence-electron chi connectivity index (χ1n) is 12.5. The number of anilines is 1. The molecule has 2 aromatic heterocycles. The van der Waals surface area contributed by atoms with E-state index in [0.717, 1.165) is 68.1 Å². The Labute approximate surface area is 208 Å². The average molecular weight is 483 g/mol. The lowest BCUT2D eigenvalue weighted by atomic mass is 10.1. The van der Waals surface area contributed by atoms with Gasteiger partial charge in [-0.25, -0.2) is 9.97 Å². The summed E-state index contributed by atoms with van der Waals surface area (Å²) in [5, 5.41) is 3.02. The Hall–Kier alpha value is -2.78. The van der Waals surface area contributed by atoms with Gasteiger partial charge < -0.3 is 19.7 Å². The smallest absolute Gasteiger partial charge is 0.239 e. The number of amides is 1. The number of carbonyl (C=O) groups excluding carboxylic acids is 1. The number of likely N-dealkylation sites (N-methyl/N-ethyl adjacent to an activating group) is 1. The highest BCUT2D eigenvalue weighted by molar-refractivity contribution is 5.82. The Balaban J connectivity index is 1.46. The van der Waals surface area contributed by atoms with Gasteiger partial charge >= 0.3 is 0 Å². The molecule has 1 aliphatic carbocycles. The number of nitrogens with zero attached hydrogens (tertiary/aromatic N) is 5. The van der Waals surface area contributed by atoms with Crippen LogP contribution in [0.3, 0.4) is 0 Å². The molecule has 190 valence electrons. The second kappa shape index (κ2) is 10.9. The van der Waals surface area contributed by atoms with Crippen LogP contribution in [0.2, 0.25) is 0 Å². The van der Waals surface area contributed by atoms with Gasteiger partial charge in [0.2, 0.25) is 5.91 Å². The zero-order chi connectivity index (χ0) is 25.0. The van der Waals surface area contributed by atoms with E-state index in [-0.39, 0.29) is 18.0 Å². The van der Waals surface area contributed by atoms with Crippen LogP contribution in [-0.2, 0) is 22.4 Å². The number of fused-ring (bicyclic) bond motifs is 1. The van der Waals surface area contributed by atoms with Gasteiger partial charge in [0.05, 0.1) is 12.6 Å². The van der Waals surface area contributed by atoms with Crippen LogP contribution in [0.1, 0.15) is 44.9 Å². The summed E-state index contributed by atoms with van der Waals surface area (Å²) in [6.45, 7) is 9.62. The van der Waals surface area contributed by atoms with Gasteiger partial charge in [-0.05, 0) is 52.5 Å². The lowest BCUT2D eigenvalue weighted by Gasteiger charge is -2.25. The Morgan fingerprint density at radius 3 is 2.86 bits per heavy atom. The summed E-state index contributed by atoms with van der Waals surface area (Å²) in [5.74, 6) is 2.09. The van der Waals surface area contributed by atoms with Crippen LogP contribution >= 0.6 is 0 Å². The van der Waals surface area contributed by atoms with Gasteiger partial charge in [0.25, 0.3) is 0 Å². The third-order valence-corrected chi connectivity index (χ3v) is 6.37. The minimum atomic E-state index is -0.276. The van der Waals surface area contributed by atoms with E-state index >= 15 is 0 Å². The number of pyridine rings is 1. The first kappa shape index (κ1) is 25.3. The second-order valence-corrected chi connectivity index (χ2v) is 10.5. The van der Waals surface area contributed by atoms with E-state index in [4.69, 9.17) is 19.4 Å². The molecule has 1 atom stereocenters. The number of likely N-dealkylation sites (tertiary alicyclic amines) is 1. The number of aromatic nitrogens is 3. The molecule has 0 aromatic carbocycles. The monoisotopic (exact) mass is 482 g/mol. The Kier molecular flexibility index (Phi) is 7.86. The molecular weight excluding hydrogens is 444 g/mol. The molecule has 1 N–H and O–H groups in total. The first-order valence-corrected chi connectivity index (χ1v) is 12.5. The summed E-state index contributed by atoms with van der Waals surface area (Å²) < 4.78 is 11.5. The maximum atomic E-state index is 12.5. The summed E-state index contributed by atoms with van der Waals surface area (Å²) in [6, 6.07) is 3.76. The molecule has 1 amide bonds. The van der Waals surface area contributed by atoms with Crippen LogP contribution in [0, 0.1) is 0 Å². The number of rotatable bonds is 9. The molecule has 2 aliphatic rings. The maximum Gasteiger partial charge on any atom is 0.239 e. The molecule has 35 heavy (non-hydrogen) atoms. The van der Waals surface area contributed by atoms with Crippen LogP contribution in [0.5, 0.6) is 5.75 Å². The van der Waals surface area contributed by atoms with Gasteiger partial charge in [-0.1, -0.05) is 0 Å². The fourth-order valence-electron chi connectivity index (χ4n) is 4.70. The van der Waals surface area contributed by atoms with Crippen LogP contribution in [-0.4, -0.2) is 84.3 Å². The summed E-state index contributed by atoms with van der Waals surface area (Å²) >= 11 is 0. The summed E-state index contributed by atoms with van der Waals surface area (Å²) in [7, 11) is 3.68. The number of aryl methyl sites for hydroxylation is 1. The predicted octanol–water partition coefficient (Wildman–Crippen LogP) is 2.48. The summed E-state index contributed by atoms with van der Waals surface area (Å²) in [6.07, 6.45) is 6.01. The van der Waals surface area contributed by atoms with Crippen molar-refractivity contribution in [3.8, 4) is 17.3 Å². The molecule has 9 heteroatoms. The van der Waals surface area contributed by atoms with E-state index in [9.17, 15) is 4.79 Å². The van der Waals surface area contributed by atoms with E-state index in [2.05, 4.69) is 15.2 Å². The average Bonchev–Trinajstić information content (AvgIpc) is 3.46. The first-order chi connectivity index (χ1) is 16.7. The Morgan fingerprint density at radius 2 is 2.11 bits per heavy atom. The fraction of sp³-hybridized carbons (Fsp3) is 0.615. The third kappa shape index (κ3) is 6.67. The van der Waals surface area contributed by atoms with Gasteiger partial charge in [0, 0.05) is 62.9 Å². The number of carbonyl (C=O) groups is 1. The highest BCUT2D eigenvalue weighted by Gasteiger charge is 2.25. The SMILES string of the molecule is CO[C@@H]1CCN(CCOc2ccnc(-c3nc4c(c(N(C)CC(=O)NC(C)(C)C)n3)CCC4)c2)C1. The van der Waals surface area contributed by atoms with Crippen molar-refractivity contribution in [3.05, 3.63) is 29.6 Å². The molecule has 0 bridgehead atoms. The van der Waals surface area contributed by atoms with Crippen molar-refractivity contribution in [1.29, 1.82) is 0 Å². The van der Waals surface area contributed by atoms with E-state index in [1.165, 1.54) is 0 Å². The minimum absolute atomic E-state index is 0.0322. The maximum absolute atomic E-state index is 12.5. The zero-order valence-corrected chi connectivity index (χ0v) is 21.6. The standard InChI is InChI=1S/C26H38N6O3/c1-26(2,3)30-23(33)17-31(4)25-20-7-6-8-21(20)28-24(29-25)22-15-18(9-11-27-22)35-14-13-32-12-10-19(16-32)34-5/h9,11,15,19H,6-8,10,12-14,16-17H2,1-5H3,(H,30,33)/t19-/m1/s1. The molecule has 1 saturated heterocycles. The number of hydrogen-bond donors (Lipinski definition) is 1. The zero-order valence-electron chi connectivity index (χ0n) is 21.6. The molecule has 1 fully saturated rings. The molecule has 9 nitrogen and oxygen atoms in total. The topological polar surface area (TPSA) is 92.7 Å². The number of hydrogen-bond acceptors (Lipinski definition) is 8. The van der Waals surface area contributed by atoms with Gasteiger partial charge in [-0.3, -0.25) is 14.7 Å². The van der Waals surface area contributed by atoms with Crippen molar-refractivity contribution in [2.45, 2.75) is 58.1 Å². The van der Waals surface area contributed by atoms with Crippen LogP contribution in [0.25, 0.3) is 11.5 Å². The van der Waals surface area contributed by atoms with Crippen LogP contribution in [0.15, 0.2) is 18.3 Å². The van der Waals surface area contributed by atoms with E-state index in [0.29, 0.717) is 24.2 Å². The Morgan fingerprint density at radius 1 is 1.29 bits per heavy atom. The summed E-state index contributed by atoms with van der Waals surface area (Å²) in [5.41, 5.74) is 2.57. The molecule has 1 aliphatic heterocycles. The quantitative estimate of drug-likeness (QED) is 0.583. The van der Waals surface area contributed by atoms with Crippen molar-refractivity contribution < 1.29 is 14.3 Å². The highest BCUT2D eigenvalue weighted by atomic mass is 16.5. The number of methoxy groups -OCH3 is 1.